The van der Waals surface area contributed by atoms with Crippen molar-refractivity contribution in [2.75, 3.05) is 5.32 Å². The molecule has 0 unspecified atom stereocenters. The molecular weight excluding hydrogens is 425 g/mol. The molecule has 0 heterocycles. The summed E-state index contributed by atoms with van der Waals surface area (Å²) < 4.78 is 1.92. The molecule has 2 aromatic carbocycles. The molecule has 92 valence electrons. The third-order valence-electron chi connectivity index (χ3n) is 2.28. The highest BCUT2D eigenvalue weighted by Crippen LogP contribution is 2.25. The maximum Gasteiger partial charge on any atom is 0.255 e. The summed E-state index contributed by atoms with van der Waals surface area (Å²) in [7, 11) is 0. The number of hydrogen-bond donors (Lipinski definition) is 2. The van der Waals surface area contributed by atoms with Crippen molar-refractivity contribution < 1.29 is 4.79 Å². The minimum absolute atomic E-state index is 0.145. The van der Waals surface area contributed by atoms with Crippen molar-refractivity contribution in [1.29, 1.82) is 0 Å². The van der Waals surface area contributed by atoms with E-state index in [-0.39, 0.29) is 5.91 Å². The zero-order valence-corrected chi connectivity index (χ0v) is 13.8. The molecule has 0 atom stereocenters. The first kappa shape index (κ1) is 13.9. The number of halogens is 2. The molecule has 0 saturated heterocycles. The summed E-state index contributed by atoms with van der Waals surface area (Å²) >= 11 is 9.84. The van der Waals surface area contributed by atoms with Gasteiger partial charge in [-0.05, 0) is 74.9 Å². The van der Waals surface area contributed by atoms with Crippen molar-refractivity contribution in [3.63, 3.8) is 0 Å². The molecule has 18 heavy (non-hydrogen) atoms. The summed E-state index contributed by atoms with van der Waals surface area (Å²) in [5.41, 5.74) is 1.35. The molecule has 0 aliphatic carbocycles. The average molecular weight is 434 g/mol. The minimum Gasteiger partial charge on any atom is -0.321 e. The van der Waals surface area contributed by atoms with Crippen molar-refractivity contribution in [2.24, 2.45) is 0 Å². The third kappa shape index (κ3) is 3.49. The number of rotatable bonds is 2. The smallest absolute Gasteiger partial charge is 0.255 e. The van der Waals surface area contributed by atoms with Gasteiger partial charge >= 0.3 is 0 Å². The molecule has 2 aromatic rings. The number of hydrogen-bond acceptors (Lipinski definition) is 2. The van der Waals surface area contributed by atoms with Crippen LogP contribution in [0.15, 0.2) is 51.8 Å². The molecule has 0 bridgehead atoms. The lowest BCUT2D eigenvalue weighted by molar-refractivity contribution is 0.102. The maximum atomic E-state index is 12.1. The predicted molar refractivity (Wildman–Crippen MR) is 88.5 cm³/mol. The molecule has 0 spiro atoms. The molecule has 0 aliphatic rings. The monoisotopic (exact) mass is 433 g/mol. The Hall–Kier alpha value is -0.530. The van der Waals surface area contributed by atoms with E-state index in [0.717, 1.165) is 18.6 Å². The molecular formula is C13H9BrINOS. The lowest BCUT2D eigenvalue weighted by Crippen LogP contribution is -2.12. The van der Waals surface area contributed by atoms with Crippen LogP contribution in [0.2, 0.25) is 0 Å². The number of thiol groups is 1. The second-order valence-electron chi connectivity index (χ2n) is 3.63. The fourth-order valence-corrected chi connectivity index (χ4v) is 2.50. The van der Waals surface area contributed by atoms with Crippen LogP contribution < -0.4 is 5.32 Å². The summed E-state index contributed by atoms with van der Waals surface area (Å²) in [4.78, 5) is 12.8. The van der Waals surface area contributed by atoms with Gasteiger partial charge in [0.05, 0.1) is 5.69 Å². The Morgan fingerprint density at radius 1 is 1.22 bits per heavy atom. The van der Waals surface area contributed by atoms with Crippen molar-refractivity contribution in [3.05, 3.63) is 56.1 Å². The van der Waals surface area contributed by atoms with Gasteiger partial charge < -0.3 is 5.32 Å². The maximum absolute atomic E-state index is 12.1. The molecule has 0 aliphatic heterocycles. The fourth-order valence-electron chi connectivity index (χ4n) is 1.43. The normalized spacial score (nSPS) is 10.2. The molecule has 2 nitrogen and oxygen atoms in total. The molecule has 0 radical (unpaired) electrons. The lowest BCUT2D eigenvalue weighted by atomic mass is 10.2. The highest BCUT2D eigenvalue weighted by molar-refractivity contribution is 14.1. The molecule has 1 amide bonds. The highest BCUT2D eigenvalue weighted by Gasteiger charge is 2.08. The van der Waals surface area contributed by atoms with Crippen LogP contribution >= 0.6 is 51.1 Å². The SMILES string of the molecule is O=C(Nc1cc(I)ccc1Br)c1cccc(S)c1. The largest absolute Gasteiger partial charge is 0.321 e. The molecule has 2 rings (SSSR count). The van der Waals surface area contributed by atoms with E-state index >= 15 is 0 Å². The van der Waals surface area contributed by atoms with Crippen molar-refractivity contribution >= 4 is 62.7 Å². The number of nitrogens with one attached hydrogen (secondary N) is 1. The van der Waals surface area contributed by atoms with Gasteiger partial charge in [-0.1, -0.05) is 6.07 Å². The van der Waals surface area contributed by atoms with Crippen LogP contribution in [0, 0.1) is 3.57 Å². The van der Waals surface area contributed by atoms with E-state index in [2.05, 4.69) is 56.5 Å². The van der Waals surface area contributed by atoms with E-state index in [1.807, 2.05) is 24.3 Å². The van der Waals surface area contributed by atoms with E-state index in [1.165, 1.54) is 0 Å². The number of carbonyl (C=O) groups excluding carboxylic acids is 1. The first-order chi connectivity index (χ1) is 8.56. The number of carbonyl (C=O) groups is 1. The van der Waals surface area contributed by atoms with Gasteiger partial charge in [-0.15, -0.1) is 12.6 Å². The van der Waals surface area contributed by atoms with E-state index in [4.69, 9.17) is 0 Å². The van der Waals surface area contributed by atoms with Gasteiger partial charge in [0.1, 0.15) is 0 Å². The van der Waals surface area contributed by atoms with Gasteiger partial charge in [-0.3, -0.25) is 4.79 Å². The third-order valence-corrected chi connectivity index (χ3v) is 3.93. The summed E-state index contributed by atoms with van der Waals surface area (Å²) in [6.45, 7) is 0. The number of anilines is 1. The quantitative estimate of drug-likeness (QED) is 0.526. The zero-order valence-electron chi connectivity index (χ0n) is 9.15. The van der Waals surface area contributed by atoms with Crippen molar-refractivity contribution in [3.8, 4) is 0 Å². The van der Waals surface area contributed by atoms with Crippen LogP contribution in [0.4, 0.5) is 5.69 Å². The van der Waals surface area contributed by atoms with Crippen LogP contribution in [0.5, 0.6) is 0 Å². The second-order valence-corrected chi connectivity index (χ2v) is 6.24. The highest BCUT2D eigenvalue weighted by atomic mass is 127. The van der Waals surface area contributed by atoms with Gasteiger partial charge in [0.15, 0.2) is 0 Å². The Labute approximate surface area is 133 Å². The van der Waals surface area contributed by atoms with E-state index in [1.54, 1.807) is 18.2 Å². The summed E-state index contributed by atoms with van der Waals surface area (Å²) in [6.07, 6.45) is 0. The standard InChI is InChI=1S/C13H9BrINOS/c14-11-5-4-9(15)7-12(11)16-13(17)8-2-1-3-10(18)6-8/h1-7,18H,(H,16,17). The van der Waals surface area contributed by atoms with E-state index in [9.17, 15) is 4.79 Å². The fraction of sp³-hybridized carbons (Fsp3) is 0. The van der Waals surface area contributed by atoms with E-state index in [0.29, 0.717) is 5.56 Å². The van der Waals surface area contributed by atoms with Crippen LogP contribution in [0.1, 0.15) is 10.4 Å². The first-order valence-corrected chi connectivity index (χ1v) is 7.43. The summed E-state index contributed by atoms with van der Waals surface area (Å²) in [6, 6.07) is 12.9. The molecule has 5 heteroatoms. The van der Waals surface area contributed by atoms with Gasteiger partial charge in [0.25, 0.3) is 5.91 Å². The van der Waals surface area contributed by atoms with Crippen LogP contribution in [0.3, 0.4) is 0 Å². The summed E-state index contributed by atoms with van der Waals surface area (Å²) in [5, 5.41) is 2.87. The van der Waals surface area contributed by atoms with Crippen molar-refractivity contribution in [2.45, 2.75) is 4.90 Å². The lowest BCUT2D eigenvalue weighted by Gasteiger charge is -2.08. The Morgan fingerprint density at radius 3 is 2.72 bits per heavy atom. The van der Waals surface area contributed by atoms with E-state index < -0.39 is 0 Å². The molecule has 0 aromatic heterocycles. The van der Waals surface area contributed by atoms with Crippen LogP contribution in [-0.2, 0) is 0 Å². The Bertz CT molecular complexity index is 603. The topological polar surface area (TPSA) is 29.1 Å². The Kier molecular flexibility index (Phi) is 4.69. The number of benzene rings is 2. The molecule has 0 saturated carbocycles. The van der Waals surface area contributed by atoms with Crippen molar-refractivity contribution in [1.82, 2.24) is 0 Å². The second kappa shape index (κ2) is 6.08. The molecule has 1 N–H and O–H groups in total. The van der Waals surface area contributed by atoms with Crippen LogP contribution in [-0.4, -0.2) is 5.91 Å². The molecule has 0 fully saturated rings. The minimum atomic E-state index is -0.145. The van der Waals surface area contributed by atoms with Gasteiger partial charge in [0, 0.05) is 18.5 Å². The van der Waals surface area contributed by atoms with Gasteiger partial charge in [-0.2, -0.15) is 0 Å². The first-order valence-electron chi connectivity index (χ1n) is 5.12. The Morgan fingerprint density at radius 2 is 2.00 bits per heavy atom. The van der Waals surface area contributed by atoms with Crippen LogP contribution in [0.25, 0.3) is 0 Å². The number of amides is 1. The average Bonchev–Trinajstić information content (AvgIpc) is 2.34. The predicted octanol–water partition coefficient (Wildman–Crippen LogP) is 4.59. The Balaban J connectivity index is 2.24. The summed E-state index contributed by atoms with van der Waals surface area (Å²) in [5.74, 6) is -0.145. The zero-order chi connectivity index (χ0) is 13.1. The van der Waals surface area contributed by atoms with Gasteiger partial charge in [-0.25, -0.2) is 0 Å². The van der Waals surface area contributed by atoms with Gasteiger partial charge in [0.2, 0.25) is 0 Å².